The number of aryl methyl sites for hydroxylation is 1. The van der Waals surface area contributed by atoms with Gasteiger partial charge in [0.2, 0.25) is 5.69 Å². The molecule has 3 heteroatoms. The van der Waals surface area contributed by atoms with E-state index < -0.39 is 0 Å². The van der Waals surface area contributed by atoms with Gasteiger partial charge in [-0.1, -0.05) is 24.3 Å². The Hall–Kier alpha value is -2.42. The van der Waals surface area contributed by atoms with Crippen LogP contribution in [0.3, 0.4) is 0 Å². The van der Waals surface area contributed by atoms with Crippen LogP contribution in [-0.4, -0.2) is 4.98 Å². The highest BCUT2D eigenvalue weighted by Gasteiger charge is 2.14. The highest BCUT2D eigenvalue weighted by atomic mass is 16.3. The minimum atomic E-state index is -0.192. The first-order valence-electron chi connectivity index (χ1n) is 5.80. The number of hydrogen-bond acceptors (Lipinski definition) is 2. The fraction of sp³-hybridized carbons (Fsp3) is 0.0667. The first-order valence-corrected chi connectivity index (χ1v) is 5.80. The van der Waals surface area contributed by atoms with Crippen molar-refractivity contribution >= 4 is 10.9 Å². The fourth-order valence-electron chi connectivity index (χ4n) is 2.19. The van der Waals surface area contributed by atoms with Gasteiger partial charge in [0, 0.05) is 23.1 Å². The Balaban J connectivity index is 2.37. The Morgan fingerprint density at radius 2 is 1.72 bits per heavy atom. The normalized spacial score (nSPS) is 10.7. The molecule has 0 atom stereocenters. The van der Waals surface area contributed by atoms with Crippen molar-refractivity contribution in [2.45, 2.75) is 6.92 Å². The molecule has 0 saturated heterocycles. The van der Waals surface area contributed by atoms with E-state index in [1.807, 2.05) is 66.3 Å². The number of para-hydroxylation sites is 1. The van der Waals surface area contributed by atoms with Crippen LogP contribution in [0.25, 0.3) is 16.6 Å². The Morgan fingerprint density at radius 1 is 1.00 bits per heavy atom. The van der Waals surface area contributed by atoms with Crippen LogP contribution in [0.2, 0.25) is 0 Å². The number of hydrogen-bond donors (Lipinski definition) is 0. The molecule has 2 heterocycles. The molecular formula is C15H12N2O. The maximum absolute atomic E-state index is 12.1. The minimum absolute atomic E-state index is 0.192. The van der Waals surface area contributed by atoms with Gasteiger partial charge in [0.15, 0.2) is 12.4 Å². The van der Waals surface area contributed by atoms with E-state index in [2.05, 4.69) is 4.98 Å². The second-order valence-corrected chi connectivity index (χ2v) is 4.19. The molecule has 0 aliphatic carbocycles. The molecular weight excluding hydrogens is 224 g/mol. The third-order valence-electron chi connectivity index (χ3n) is 3.06. The molecule has 0 aliphatic heterocycles. The average molecular weight is 236 g/mol. The van der Waals surface area contributed by atoms with Gasteiger partial charge in [-0.25, -0.2) is 0 Å². The van der Waals surface area contributed by atoms with Gasteiger partial charge in [-0.05, 0) is 13.0 Å². The van der Waals surface area contributed by atoms with Crippen molar-refractivity contribution in [2.75, 3.05) is 0 Å². The summed E-state index contributed by atoms with van der Waals surface area (Å²) in [5, 5.41) is 13.1. The molecule has 0 fully saturated rings. The van der Waals surface area contributed by atoms with Crippen molar-refractivity contribution in [3.63, 3.8) is 0 Å². The van der Waals surface area contributed by atoms with E-state index in [0.717, 1.165) is 16.5 Å². The van der Waals surface area contributed by atoms with Crippen LogP contribution in [0.1, 0.15) is 5.56 Å². The van der Waals surface area contributed by atoms with Crippen LogP contribution in [-0.2, 0) is 0 Å². The zero-order valence-corrected chi connectivity index (χ0v) is 10.00. The zero-order chi connectivity index (χ0) is 12.5. The Kier molecular flexibility index (Phi) is 2.45. The number of aromatic nitrogens is 2. The summed E-state index contributed by atoms with van der Waals surface area (Å²) in [4.78, 5) is 4.14. The fourth-order valence-corrected chi connectivity index (χ4v) is 2.19. The summed E-state index contributed by atoms with van der Waals surface area (Å²) in [5.74, 6) is -0.192. The first kappa shape index (κ1) is 10.7. The summed E-state index contributed by atoms with van der Waals surface area (Å²) >= 11 is 0. The highest BCUT2D eigenvalue weighted by Crippen LogP contribution is 2.24. The summed E-state index contributed by atoms with van der Waals surface area (Å²) in [6, 6.07) is 13.4. The number of benzene rings is 1. The molecule has 2 aromatic heterocycles. The van der Waals surface area contributed by atoms with E-state index >= 15 is 0 Å². The quantitative estimate of drug-likeness (QED) is 0.605. The molecule has 0 radical (unpaired) electrons. The van der Waals surface area contributed by atoms with E-state index in [-0.39, 0.29) is 5.88 Å². The Bertz CT molecular complexity index is 708. The van der Waals surface area contributed by atoms with Crippen molar-refractivity contribution in [1.29, 1.82) is 0 Å². The van der Waals surface area contributed by atoms with Gasteiger partial charge in [-0.15, -0.1) is 0 Å². The summed E-state index contributed by atoms with van der Waals surface area (Å²) in [6.07, 6.45) is 3.72. The highest BCUT2D eigenvalue weighted by molar-refractivity contribution is 5.85. The van der Waals surface area contributed by atoms with Crippen LogP contribution in [0.5, 0.6) is 5.88 Å². The van der Waals surface area contributed by atoms with Crippen LogP contribution < -0.4 is 9.67 Å². The SMILES string of the molecule is Cc1c(-[n+]2ccccc2)c([O-])nc2ccccc12. The molecule has 0 spiro atoms. The van der Waals surface area contributed by atoms with Crippen LogP contribution in [0.15, 0.2) is 54.9 Å². The molecule has 3 nitrogen and oxygen atoms in total. The van der Waals surface area contributed by atoms with Gasteiger partial charge in [0.25, 0.3) is 0 Å². The maximum Gasteiger partial charge on any atom is 0.225 e. The molecule has 1 aromatic carbocycles. The van der Waals surface area contributed by atoms with Crippen LogP contribution in [0, 0.1) is 6.92 Å². The van der Waals surface area contributed by atoms with Crippen molar-refractivity contribution < 1.29 is 9.67 Å². The van der Waals surface area contributed by atoms with E-state index in [9.17, 15) is 5.11 Å². The van der Waals surface area contributed by atoms with Crippen LogP contribution >= 0.6 is 0 Å². The lowest BCUT2D eigenvalue weighted by molar-refractivity contribution is -0.600. The third-order valence-corrected chi connectivity index (χ3v) is 3.06. The zero-order valence-electron chi connectivity index (χ0n) is 10.00. The summed E-state index contributed by atoms with van der Waals surface area (Å²) in [7, 11) is 0. The predicted molar refractivity (Wildman–Crippen MR) is 67.5 cm³/mol. The smallest absolute Gasteiger partial charge is 0.225 e. The van der Waals surface area contributed by atoms with Gasteiger partial charge in [0.1, 0.15) is 0 Å². The molecule has 0 amide bonds. The van der Waals surface area contributed by atoms with Gasteiger partial charge in [-0.2, -0.15) is 4.57 Å². The van der Waals surface area contributed by atoms with E-state index in [4.69, 9.17) is 0 Å². The standard InChI is InChI=1S/C15H12N2O/c1-11-12-7-3-4-8-13(12)16-15(18)14(11)17-9-5-2-6-10-17/h2-10H,1H3. The monoisotopic (exact) mass is 236 g/mol. The maximum atomic E-state index is 12.1. The molecule has 3 rings (SSSR count). The van der Waals surface area contributed by atoms with Gasteiger partial charge in [0.05, 0.1) is 11.4 Å². The lowest BCUT2D eigenvalue weighted by Gasteiger charge is -2.12. The molecule has 88 valence electrons. The first-order chi connectivity index (χ1) is 8.77. The Labute approximate surface area is 105 Å². The predicted octanol–water partition coefficient (Wildman–Crippen LogP) is 1.89. The summed E-state index contributed by atoms with van der Waals surface area (Å²) in [5.41, 5.74) is 2.33. The summed E-state index contributed by atoms with van der Waals surface area (Å²) < 4.78 is 1.82. The topological polar surface area (TPSA) is 39.8 Å². The molecule has 0 bridgehead atoms. The number of nitrogens with zero attached hydrogens (tertiary/aromatic N) is 2. The largest absolute Gasteiger partial charge is 0.854 e. The van der Waals surface area contributed by atoms with E-state index in [1.165, 1.54) is 0 Å². The number of rotatable bonds is 1. The van der Waals surface area contributed by atoms with Crippen molar-refractivity contribution in [1.82, 2.24) is 4.98 Å². The van der Waals surface area contributed by atoms with E-state index in [1.54, 1.807) is 0 Å². The van der Waals surface area contributed by atoms with Crippen molar-refractivity contribution in [3.8, 4) is 11.6 Å². The van der Waals surface area contributed by atoms with Gasteiger partial charge in [-0.3, -0.25) is 4.98 Å². The van der Waals surface area contributed by atoms with Gasteiger partial charge >= 0.3 is 0 Å². The molecule has 0 unspecified atom stereocenters. The molecule has 3 aromatic rings. The van der Waals surface area contributed by atoms with Crippen molar-refractivity contribution in [2.24, 2.45) is 0 Å². The molecule has 0 saturated carbocycles. The lowest BCUT2D eigenvalue weighted by atomic mass is 10.1. The number of fused-ring (bicyclic) bond motifs is 1. The summed E-state index contributed by atoms with van der Waals surface area (Å²) in [6.45, 7) is 1.96. The average Bonchev–Trinajstić information content (AvgIpc) is 2.40. The second kappa shape index (κ2) is 4.11. The third kappa shape index (κ3) is 1.61. The minimum Gasteiger partial charge on any atom is -0.854 e. The number of pyridine rings is 2. The van der Waals surface area contributed by atoms with Crippen molar-refractivity contribution in [3.05, 3.63) is 60.4 Å². The van der Waals surface area contributed by atoms with Gasteiger partial charge < -0.3 is 5.11 Å². The molecule has 0 N–H and O–H groups in total. The molecule has 0 aliphatic rings. The second-order valence-electron chi connectivity index (χ2n) is 4.19. The molecule has 18 heavy (non-hydrogen) atoms. The van der Waals surface area contributed by atoms with E-state index in [0.29, 0.717) is 5.69 Å². The lowest BCUT2D eigenvalue weighted by Crippen LogP contribution is -2.32. The Morgan fingerprint density at radius 3 is 2.50 bits per heavy atom. The van der Waals surface area contributed by atoms with Crippen LogP contribution in [0.4, 0.5) is 0 Å².